The van der Waals surface area contributed by atoms with Gasteiger partial charge in [0.15, 0.2) is 0 Å². The lowest BCUT2D eigenvalue weighted by atomic mass is 10.2. The van der Waals surface area contributed by atoms with Gasteiger partial charge >= 0.3 is 0 Å². The fourth-order valence-corrected chi connectivity index (χ4v) is 4.30. The van der Waals surface area contributed by atoms with Crippen LogP contribution in [0.5, 0.6) is 5.75 Å². The second-order valence-electron chi connectivity index (χ2n) is 7.20. The van der Waals surface area contributed by atoms with Gasteiger partial charge in [-0.1, -0.05) is 42.5 Å². The van der Waals surface area contributed by atoms with Gasteiger partial charge < -0.3 is 9.64 Å². The molecule has 1 aliphatic rings. The van der Waals surface area contributed by atoms with E-state index in [0.29, 0.717) is 0 Å². The molecule has 2 heterocycles. The number of methoxy groups -OCH3 is 1. The minimum absolute atomic E-state index is 0.0769. The molecular formula is C24H25N3O2S. The van der Waals surface area contributed by atoms with Crippen LogP contribution < -0.4 is 4.74 Å². The van der Waals surface area contributed by atoms with Crippen molar-refractivity contribution in [3.05, 3.63) is 76.6 Å². The molecule has 0 saturated carbocycles. The van der Waals surface area contributed by atoms with Gasteiger partial charge in [-0.05, 0) is 23.8 Å². The third-order valence-corrected chi connectivity index (χ3v) is 6.01. The van der Waals surface area contributed by atoms with Crippen molar-refractivity contribution in [2.24, 2.45) is 0 Å². The summed E-state index contributed by atoms with van der Waals surface area (Å²) in [6.45, 7) is 4.02. The van der Waals surface area contributed by atoms with Crippen molar-refractivity contribution in [1.29, 1.82) is 0 Å². The van der Waals surface area contributed by atoms with Crippen molar-refractivity contribution in [3.8, 4) is 17.0 Å². The number of piperazine rings is 1. The standard InChI is InChI=1S/C24H25N3O2S/c1-29-21-9-5-8-20(16-21)22-18-30-23(25-22)17-26-12-14-27(15-13-26)24(28)11-10-19-6-3-2-4-7-19/h2-11,16,18H,12-15,17H2,1H3/b11-10-. The van der Waals surface area contributed by atoms with Crippen molar-refractivity contribution in [3.63, 3.8) is 0 Å². The van der Waals surface area contributed by atoms with E-state index in [-0.39, 0.29) is 5.91 Å². The third kappa shape index (κ3) is 5.14. The SMILES string of the molecule is COc1cccc(-c2csc(CN3CCN(C(=O)/C=C\c4ccccc4)CC3)n2)c1. The van der Waals surface area contributed by atoms with Crippen molar-refractivity contribution in [2.75, 3.05) is 33.3 Å². The largest absolute Gasteiger partial charge is 0.497 e. The highest BCUT2D eigenvalue weighted by Gasteiger charge is 2.20. The smallest absolute Gasteiger partial charge is 0.246 e. The molecule has 2 aromatic carbocycles. The normalized spacial score (nSPS) is 14.9. The first-order chi connectivity index (χ1) is 14.7. The van der Waals surface area contributed by atoms with Crippen molar-refractivity contribution in [2.45, 2.75) is 6.54 Å². The van der Waals surface area contributed by atoms with Gasteiger partial charge in [-0.2, -0.15) is 0 Å². The maximum Gasteiger partial charge on any atom is 0.246 e. The average Bonchev–Trinajstić information content (AvgIpc) is 3.27. The lowest BCUT2D eigenvalue weighted by molar-refractivity contribution is -0.127. The molecule has 1 fully saturated rings. The van der Waals surface area contributed by atoms with Crippen molar-refractivity contribution in [1.82, 2.24) is 14.8 Å². The molecule has 4 rings (SSSR count). The molecule has 0 bridgehead atoms. The maximum atomic E-state index is 12.4. The monoisotopic (exact) mass is 419 g/mol. The quantitative estimate of drug-likeness (QED) is 0.563. The molecule has 6 heteroatoms. The number of hydrogen-bond donors (Lipinski definition) is 0. The van der Waals surface area contributed by atoms with Gasteiger partial charge in [-0.25, -0.2) is 4.98 Å². The van der Waals surface area contributed by atoms with E-state index >= 15 is 0 Å². The van der Waals surface area contributed by atoms with E-state index in [4.69, 9.17) is 9.72 Å². The van der Waals surface area contributed by atoms with Crippen LogP contribution in [0.1, 0.15) is 10.6 Å². The third-order valence-electron chi connectivity index (χ3n) is 5.18. The summed E-state index contributed by atoms with van der Waals surface area (Å²) in [7, 11) is 1.67. The van der Waals surface area contributed by atoms with Gasteiger partial charge in [-0.3, -0.25) is 9.69 Å². The fourth-order valence-electron chi connectivity index (χ4n) is 3.45. The Balaban J connectivity index is 1.29. The van der Waals surface area contributed by atoms with Gasteiger partial charge in [0.25, 0.3) is 0 Å². The van der Waals surface area contributed by atoms with Crippen LogP contribution in [0, 0.1) is 0 Å². The number of ether oxygens (including phenoxy) is 1. The number of rotatable bonds is 6. The first kappa shape index (κ1) is 20.3. The summed E-state index contributed by atoms with van der Waals surface area (Å²) in [5.41, 5.74) is 3.09. The molecule has 0 unspecified atom stereocenters. The van der Waals surface area contributed by atoms with Crippen LogP contribution in [-0.4, -0.2) is 54.0 Å². The highest BCUT2D eigenvalue weighted by atomic mass is 32.1. The molecule has 1 aliphatic heterocycles. The van der Waals surface area contributed by atoms with Gasteiger partial charge in [0.05, 0.1) is 19.3 Å². The lowest BCUT2D eigenvalue weighted by Gasteiger charge is -2.33. The molecule has 1 amide bonds. The number of aromatic nitrogens is 1. The predicted octanol–water partition coefficient (Wildman–Crippen LogP) is 4.18. The lowest BCUT2D eigenvalue weighted by Crippen LogP contribution is -2.47. The highest BCUT2D eigenvalue weighted by Crippen LogP contribution is 2.26. The number of hydrogen-bond acceptors (Lipinski definition) is 5. The molecule has 154 valence electrons. The zero-order chi connectivity index (χ0) is 20.8. The van der Waals surface area contributed by atoms with Crippen LogP contribution >= 0.6 is 11.3 Å². The number of carbonyl (C=O) groups excluding carboxylic acids is 1. The van der Waals surface area contributed by atoms with Crippen LogP contribution in [0.3, 0.4) is 0 Å². The summed E-state index contributed by atoms with van der Waals surface area (Å²) in [4.78, 5) is 21.5. The summed E-state index contributed by atoms with van der Waals surface area (Å²) in [6.07, 6.45) is 3.55. The Hall–Kier alpha value is -2.96. The van der Waals surface area contributed by atoms with Crippen LogP contribution in [0.25, 0.3) is 17.3 Å². The van der Waals surface area contributed by atoms with Crippen LogP contribution in [-0.2, 0) is 11.3 Å². The molecular weight excluding hydrogens is 394 g/mol. The van der Waals surface area contributed by atoms with E-state index in [1.54, 1.807) is 24.5 Å². The Labute approximate surface area is 181 Å². The Kier molecular flexibility index (Phi) is 6.57. The number of thiazole rings is 1. The summed E-state index contributed by atoms with van der Waals surface area (Å²) in [6, 6.07) is 17.9. The summed E-state index contributed by atoms with van der Waals surface area (Å²) in [5.74, 6) is 0.914. The molecule has 0 atom stereocenters. The summed E-state index contributed by atoms with van der Waals surface area (Å²) < 4.78 is 5.31. The van der Waals surface area contributed by atoms with Crippen molar-refractivity contribution < 1.29 is 9.53 Å². The minimum atomic E-state index is 0.0769. The van der Waals surface area contributed by atoms with Gasteiger partial charge in [0.1, 0.15) is 10.8 Å². The van der Waals surface area contributed by atoms with E-state index in [9.17, 15) is 4.79 Å². The first-order valence-electron chi connectivity index (χ1n) is 10.0. The molecule has 5 nitrogen and oxygen atoms in total. The highest BCUT2D eigenvalue weighted by molar-refractivity contribution is 7.09. The molecule has 1 saturated heterocycles. The Bertz CT molecular complexity index is 1010. The number of benzene rings is 2. The first-order valence-corrected chi connectivity index (χ1v) is 10.9. The second kappa shape index (κ2) is 9.69. The zero-order valence-electron chi connectivity index (χ0n) is 17.0. The molecule has 0 N–H and O–H groups in total. The Morgan fingerprint density at radius 2 is 1.90 bits per heavy atom. The average molecular weight is 420 g/mol. The predicted molar refractivity (Wildman–Crippen MR) is 121 cm³/mol. The van der Waals surface area contributed by atoms with Crippen LogP contribution in [0.15, 0.2) is 66.1 Å². The van der Waals surface area contributed by atoms with E-state index in [1.807, 2.05) is 59.5 Å². The number of nitrogens with zero attached hydrogens (tertiary/aromatic N) is 3. The molecule has 30 heavy (non-hydrogen) atoms. The van der Waals surface area contributed by atoms with Crippen LogP contribution in [0.4, 0.5) is 0 Å². The molecule has 3 aromatic rings. The Morgan fingerprint density at radius 3 is 2.67 bits per heavy atom. The van der Waals surface area contributed by atoms with E-state index < -0.39 is 0 Å². The maximum absolute atomic E-state index is 12.4. The van der Waals surface area contributed by atoms with E-state index in [1.165, 1.54) is 0 Å². The van der Waals surface area contributed by atoms with Gasteiger partial charge in [-0.15, -0.1) is 11.3 Å². The van der Waals surface area contributed by atoms with Gasteiger partial charge in [0.2, 0.25) is 5.91 Å². The number of amides is 1. The van der Waals surface area contributed by atoms with Gasteiger partial charge in [0, 0.05) is 43.2 Å². The topological polar surface area (TPSA) is 45.7 Å². The molecule has 0 spiro atoms. The van der Waals surface area contributed by atoms with E-state index in [2.05, 4.69) is 16.3 Å². The van der Waals surface area contributed by atoms with Crippen LogP contribution in [0.2, 0.25) is 0 Å². The zero-order valence-corrected chi connectivity index (χ0v) is 17.8. The Morgan fingerprint density at radius 1 is 1.10 bits per heavy atom. The number of carbonyl (C=O) groups is 1. The minimum Gasteiger partial charge on any atom is -0.497 e. The molecule has 1 aromatic heterocycles. The summed E-state index contributed by atoms with van der Waals surface area (Å²) >= 11 is 1.68. The molecule has 0 radical (unpaired) electrons. The fraction of sp³-hybridized carbons (Fsp3) is 0.250. The second-order valence-corrected chi connectivity index (χ2v) is 8.15. The summed E-state index contributed by atoms with van der Waals surface area (Å²) in [5, 5.41) is 3.19. The van der Waals surface area contributed by atoms with E-state index in [0.717, 1.165) is 60.3 Å². The molecule has 0 aliphatic carbocycles. The van der Waals surface area contributed by atoms with Crippen molar-refractivity contribution >= 4 is 23.3 Å².